The molecule has 0 bridgehead atoms. The lowest BCUT2D eigenvalue weighted by atomic mass is 9.97. The average Bonchev–Trinajstić information content (AvgIpc) is 2.95. The van der Waals surface area contributed by atoms with Gasteiger partial charge in [0, 0.05) is 12.1 Å². The van der Waals surface area contributed by atoms with Crippen molar-refractivity contribution in [2.75, 3.05) is 6.54 Å². The van der Waals surface area contributed by atoms with Crippen LogP contribution in [0.5, 0.6) is 0 Å². The predicted octanol–water partition coefficient (Wildman–Crippen LogP) is 3.80. The van der Waals surface area contributed by atoms with E-state index >= 15 is 0 Å². The second kappa shape index (κ2) is 6.25. The molecule has 2 heteroatoms. The van der Waals surface area contributed by atoms with E-state index in [0.29, 0.717) is 0 Å². The van der Waals surface area contributed by atoms with Crippen LogP contribution in [0, 0.1) is 0 Å². The quantitative estimate of drug-likeness (QED) is 0.828. The normalized spacial score (nSPS) is 17.5. The molecule has 0 unspecified atom stereocenters. The van der Waals surface area contributed by atoms with Crippen LogP contribution in [0.4, 0.5) is 0 Å². The lowest BCUT2D eigenvalue weighted by Gasteiger charge is -2.13. The summed E-state index contributed by atoms with van der Waals surface area (Å²) in [6, 6.07) is 6.18. The van der Waals surface area contributed by atoms with Crippen LogP contribution in [0.2, 0.25) is 0 Å². The third-order valence-electron chi connectivity index (χ3n) is 4.48. The molecule has 1 amide bonds. The third kappa shape index (κ3) is 3.12. The fourth-order valence-corrected chi connectivity index (χ4v) is 3.28. The second-order valence-corrected chi connectivity index (χ2v) is 5.95. The zero-order chi connectivity index (χ0) is 13.8. The van der Waals surface area contributed by atoms with Crippen molar-refractivity contribution < 1.29 is 4.79 Å². The van der Waals surface area contributed by atoms with Gasteiger partial charge in [-0.3, -0.25) is 4.79 Å². The summed E-state index contributed by atoms with van der Waals surface area (Å²) < 4.78 is 0. The van der Waals surface area contributed by atoms with Crippen LogP contribution >= 0.6 is 0 Å². The second-order valence-electron chi connectivity index (χ2n) is 5.95. The number of allylic oxidation sites excluding steroid dienone is 1. The lowest BCUT2D eigenvalue weighted by molar-refractivity contribution is 0.0954. The van der Waals surface area contributed by atoms with Crippen molar-refractivity contribution in [1.29, 1.82) is 0 Å². The number of carbonyl (C=O) groups excluding carboxylic acids is 1. The number of amides is 1. The molecule has 3 rings (SSSR count). The molecule has 20 heavy (non-hydrogen) atoms. The van der Waals surface area contributed by atoms with E-state index < -0.39 is 0 Å². The summed E-state index contributed by atoms with van der Waals surface area (Å²) in [4.78, 5) is 12.2. The summed E-state index contributed by atoms with van der Waals surface area (Å²) in [5.41, 5.74) is 5.13. The Bertz CT molecular complexity index is 530. The molecular formula is C18H23NO. The molecule has 2 nitrogen and oxygen atoms in total. The molecular weight excluding hydrogens is 246 g/mol. The maximum absolute atomic E-state index is 12.2. The highest BCUT2D eigenvalue weighted by Gasteiger charge is 2.13. The Hall–Kier alpha value is -1.57. The highest BCUT2D eigenvalue weighted by Crippen LogP contribution is 2.23. The van der Waals surface area contributed by atoms with E-state index in [1.165, 1.54) is 55.2 Å². The minimum Gasteiger partial charge on any atom is -0.352 e. The number of fused-ring (bicyclic) bond motifs is 1. The van der Waals surface area contributed by atoms with E-state index in [2.05, 4.69) is 23.5 Å². The van der Waals surface area contributed by atoms with Crippen LogP contribution < -0.4 is 5.32 Å². The lowest BCUT2D eigenvalue weighted by Crippen LogP contribution is -2.25. The summed E-state index contributed by atoms with van der Waals surface area (Å²) in [7, 11) is 0. The standard InChI is InChI=1S/C18H23NO/c20-18(19-12-11-14-5-2-1-3-6-14)17-10-9-15-7-4-8-16(15)13-17/h5,9-10,13H,1-4,6-8,11-12H2,(H,19,20). The Morgan fingerprint density at radius 3 is 2.80 bits per heavy atom. The summed E-state index contributed by atoms with van der Waals surface area (Å²) >= 11 is 0. The van der Waals surface area contributed by atoms with Gasteiger partial charge in [-0.05, 0) is 74.6 Å². The molecule has 0 atom stereocenters. The summed E-state index contributed by atoms with van der Waals surface area (Å²) in [6.45, 7) is 0.766. The van der Waals surface area contributed by atoms with Crippen LogP contribution in [-0.2, 0) is 12.8 Å². The summed E-state index contributed by atoms with van der Waals surface area (Å²) in [6.07, 6.45) is 12.0. The van der Waals surface area contributed by atoms with E-state index in [1.54, 1.807) is 0 Å². The Kier molecular flexibility index (Phi) is 4.19. The van der Waals surface area contributed by atoms with E-state index in [1.807, 2.05) is 6.07 Å². The SMILES string of the molecule is O=C(NCCC1=CCCCC1)c1ccc2c(c1)CCC2. The predicted molar refractivity (Wildman–Crippen MR) is 82.0 cm³/mol. The molecule has 2 aliphatic rings. The minimum atomic E-state index is 0.0797. The van der Waals surface area contributed by atoms with Gasteiger partial charge in [0.25, 0.3) is 5.91 Å². The third-order valence-corrected chi connectivity index (χ3v) is 4.48. The molecule has 0 aromatic heterocycles. The maximum atomic E-state index is 12.2. The van der Waals surface area contributed by atoms with Gasteiger partial charge >= 0.3 is 0 Å². The zero-order valence-corrected chi connectivity index (χ0v) is 12.1. The van der Waals surface area contributed by atoms with Gasteiger partial charge in [-0.2, -0.15) is 0 Å². The number of hydrogen-bond donors (Lipinski definition) is 1. The van der Waals surface area contributed by atoms with Crippen LogP contribution in [0.15, 0.2) is 29.8 Å². The van der Waals surface area contributed by atoms with Crippen molar-refractivity contribution in [1.82, 2.24) is 5.32 Å². The average molecular weight is 269 g/mol. The Labute approximate surface area is 121 Å². The van der Waals surface area contributed by atoms with Gasteiger partial charge < -0.3 is 5.32 Å². The van der Waals surface area contributed by atoms with Crippen molar-refractivity contribution >= 4 is 5.91 Å². The molecule has 0 spiro atoms. The fourth-order valence-electron chi connectivity index (χ4n) is 3.28. The molecule has 0 fully saturated rings. The first kappa shape index (κ1) is 13.4. The monoisotopic (exact) mass is 269 g/mol. The van der Waals surface area contributed by atoms with Crippen LogP contribution in [0.1, 0.15) is 60.0 Å². The highest BCUT2D eigenvalue weighted by atomic mass is 16.1. The Morgan fingerprint density at radius 1 is 1.05 bits per heavy atom. The van der Waals surface area contributed by atoms with Crippen LogP contribution in [0.3, 0.4) is 0 Å². The molecule has 106 valence electrons. The largest absolute Gasteiger partial charge is 0.352 e. The first-order valence-electron chi connectivity index (χ1n) is 7.91. The summed E-state index contributed by atoms with van der Waals surface area (Å²) in [5, 5.41) is 3.06. The van der Waals surface area contributed by atoms with Gasteiger partial charge in [-0.15, -0.1) is 0 Å². The molecule has 0 saturated carbocycles. The van der Waals surface area contributed by atoms with Crippen molar-refractivity contribution in [3.05, 3.63) is 46.5 Å². The number of nitrogens with one attached hydrogen (secondary N) is 1. The van der Waals surface area contributed by atoms with Crippen molar-refractivity contribution in [3.8, 4) is 0 Å². The van der Waals surface area contributed by atoms with Crippen molar-refractivity contribution in [2.45, 2.75) is 51.4 Å². The van der Waals surface area contributed by atoms with Gasteiger partial charge in [0.05, 0.1) is 0 Å². The fraction of sp³-hybridized carbons (Fsp3) is 0.500. The van der Waals surface area contributed by atoms with E-state index in [0.717, 1.165) is 24.9 Å². The van der Waals surface area contributed by atoms with Gasteiger partial charge in [0.15, 0.2) is 0 Å². The van der Waals surface area contributed by atoms with E-state index in [4.69, 9.17) is 0 Å². The van der Waals surface area contributed by atoms with Gasteiger partial charge in [0.2, 0.25) is 0 Å². The summed E-state index contributed by atoms with van der Waals surface area (Å²) in [5.74, 6) is 0.0797. The molecule has 2 aliphatic carbocycles. The van der Waals surface area contributed by atoms with E-state index in [-0.39, 0.29) is 5.91 Å². The number of benzene rings is 1. The Balaban J connectivity index is 1.52. The molecule has 0 heterocycles. The molecule has 0 saturated heterocycles. The number of rotatable bonds is 4. The highest BCUT2D eigenvalue weighted by molar-refractivity contribution is 5.94. The Morgan fingerprint density at radius 2 is 1.95 bits per heavy atom. The minimum absolute atomic E-state index is 0.0797. The van der Waals surface area contributed by atoms with Crippen LogP contribution in [-0.4, -0.2) is 12.5 Å². The van der Waals surface area contributed by atoms with Gasteiger partial charge in [-0.1, -0.05) is 17.7 Å². The molecule has 1 aromatic rings. The number of carbonyl (C=O) groups is 1. The maximum Gasteiger partial charge on any atom is 0.251 e. The van der Waals surface area contributed by atoms with Crippen LogP contribution in [0.25, 0.3) is 0 Å². The first-order chi connectivity index (χ1) is 9.83. The number of aryl methyl sites for hydroxylation is 2. The zero-order valence-electron chi connectivity index (χ0n) is 12.1. The van der Waals surface area contributed by atoms with Gasteiger partial charge in [-0.25, -0.2) is 0 Å². The van der Waals surface area contributed by atoms with Crippen molar-refractivity contribution in [2.24, 2.45) is 0 Å². The number of hydrogen-bond acceptors (Lipinski definition) is 1. The topological polar surface area (TPSA) is 29.1 Å². The molecule has 0 radical (unpaired) electrons. The smallest absolute Gasteiger partial charge is 0.251 e. The molecule has 0 aliphatic heterocycles. The molecule has 1 N–H and O–H groups in total. The van der Waals surface area contributed by atoms with E-state index in [9.17, 15) is 4.79 Å². The van der Waals surface area contributed by atoms with Gasteiger partial charge in [0.1, 0.15) is 0 Å². The first-order valence-corrected chi connectivity index (χ1v) is 7.91. The molecule has 1 aromatic carbocycles. The van der Waals surface area contributed by atoms with Crippen molar-refractivity contribution in [3.63, 3.8) is 0 Å².